The summed E-state index contributed by atoms with van der Waals surface area (Å²) in [5, 5.41) is 1.61. The van der Waals surface area contributed by atoms with Crippen LogP contribution in [0.1, 0.15) is 7.85 Å². The monoisotopic (exact) mass is 104 g/mol. The van der Waals surface area contributed by atoms with Gasteiger partial charge in [-0.25, -0.2) is 0 Å². The van der Waals surface area contributed by atoms with Crippen LogP contribution in [0.25, 0.3) is 0 Å². The van der Waals surface area contributed by atoms with Crippen LogP contribution in [-0.4, -0.2) is 10.2 Å². The van der Waals surface area contributed by atoms with Crippen LogP contribution in [-0.2, 0) is 0 Å². The molecule has 0 aromatic rings. The van der Waals surface area contributed by atoms with Gasteiger partial charge in [0.15, 0.2) is 0 Å². The zero-order valence-corrected chi connectivity index (χ0v) is 6.94. The molecule has 0 aromatic heterocycles. The summed E-state index contributed by atoms with van der Waals surface area (Å²) in [6.07, 6.45) is 7.75. The van der Waals surface area contributed by atoms with Crippen molar-refractivity contribution in [3.05, 3.63) is 23.4 Å². The van der Waals surface area contributed by atoms with Crippen LogP contribution >= 0.6 is 0 Å². The molecule has 0 fully saturated rings. The second kappa shape index (κ2) is 3.32. The summed E-state index contributed by atoms with van der Waals surface area (Å²) in [7, 11) is 1.25. The first-order valence-electron chi connectivity index (χ1n) is 2.22. The quantitative estimate of drug-likeness (QED) is 0.294. The summed E-state index contributed by atoms with van der Waals surface area (Å²) in [5.74, 6) is 0. The van der Waals surface area contributed by atoms with Crippen molar-refractivity contribution in [1.82, 2.24) is 0 Å². The van der Waals surface area contributed by atoms with Crippen molar-refractivity contribution >= 4 is 10.2 Å². The maximum atomic E-state index is 2.20. The SMILES string of the molecule is [H-].[Li+].[SiH3]C1=CC=CC1. The van der Waals surface area contributed by atoms with Crippen molar-refractivity contribution in [3.8, 4) is 0 Å². The van der Waals surface area contributed by atoms with Crippen molar-refractivity contribution in [3.63, 3.8) is 0 Å². The Morgan fingerprint density at radius 1 is 1.71 bits per heavy atom. The molecule has 0 radical (unpaired) electrons. The van der Waals surface area contributed by atoms with Crippen LogP contribution in [0.2, 0.25) is 0 Å². The second-order valence-corrected chi connectivity index (χ2v) is 2.93. The van der Waals surface area contributed by atoms with Gasteiger partial charge < -0.3 is 1.43 Å². The summed E-state index contributed by atoms with van der Waals surface area (Å²) in [6, 6.07) is 0. The van der Waals surface area contributed by atoms with E-state index in [-0.39, 0.29) is 20.3 Å². The molecule has 0 heterocycles. The van der Waals surface area contributed by atoms with E-state index in [2.05, 4.69) is 18.2 Å². The Hall–Kier alpha value is 0.294. The predicted molar refractivity (Wildman–Crippen MR) is 32.9 cm³/mol. The van der Waals surface area contributed by atoms with Gasteiger partial charge in [0.2, 0.25) is 0 Å². The van der Waals surface area contributed by atoms with Crippen molar-refractivity contribution in [2.24, 2.45) is 0 Å². The molecule has 1 aliphatic rings. The minimum absolute atomic E-state index is 0. The van der Waals surface area contributed by atoms with Gasteiger partial charge in [0.25, 0.3) is 0 Å². The van der Waals surface area contributed by atoms with E-state index in [1.807, 2.05) is 0 Å². The van der Waals surface area contributed by atoms with Gasteiger partial charge >= 0.3 is 18.9 Å². The van der Waals surface area contributed by atoms with Gasteiger partial charge in [-0.15, -0.1) is 0 Å². The van der Waals surface area contributed by atoms with E-state index in [0.717, 1.165) is 0 Å². The zero-order valence-electron chi connectivity index (χ0n) is 5.94. The first-order chi connectivity index (χ1) is 2.89. The van der Waals surface area contributed by atoms with E-state index >= 15 is 0 Å². The van der Waals surface area contributed by atoms with Gasteiger partial charge in [0.1, 0.15) is 0 Å². The van der Waals surface area contributed by atoms with E-state index in [0.29, 0.717) is 0 Å². The molecule has 0 bridgehead atoms. The molecule has 1 rings (SSSR count). The van der Waals surface area contributed by atoms with E-state index in [1.54, 1.807) is 5.20 Å². The molecule has 0 spiro atoms. The molecule has 0 N–H and O–H groups in total. The maximum absolute atomic E-state index is 2.20. The predicted octanol–water partition coefficient (Wildman–Crippen LogP) is -2.69. The standard InChI is InChI=1S/C5H8Si.Li.H/c6-5-3-1-2-4-5;;/h1-3H,4H2,6H3;;/q;+1;-1. The Morgan fingerprint density at radius 2 is 2.43 bits per heavy atom. The minimum atomic E-state index is 0. The van der Waals surface area contributed by atoms with Gasteiger partial charge in [-0.05, 0) is 6.42 Å². The van der Waals surface area contributed by atoms with Crippen molar-refractivity contribution < 1.29 is 20.3 Å². The maximum Gasteiger partial charge on any atom is 1.00 e. The first-order valence-corrected chi connectivity index (χ1v) is 3.22. The number of hydrogen-bond acceptors (Lipinski definition) is 0. The summed E-state index contributed by atoms with van der Waals surface area (Å²) < 4.78 is 0. The fourth-order valence-electron chi connectivity index (χ4n) is 0.554. The van der Waals surface area contributed by atoms with Crippen molar-refractivity contribution in [2.45, 2.75) is 6.42 Å². The van der Waals surface area contributed by atoms with Crippen LogP contribution in [0.3, 0.4) is 0 Å². The van der Waals surface area contributed by atoms with Gasteiger partial charge in [-0.1, -0.05) is 23.4 Å². The molecule has 34 valence electrons. The van der Waals surface area contributed by atoms with Crippen molar-refractivity contribution in [2.75, 3.05) is 0 Å². The van der Waals surface area contributed by atoms with Crippen LogP contribution in [0, 0.1) is 0 Å². The van der Waals surface area contributed by atoms with Crippen LogP contribution in [0.5, 0.6) is 0 Å². The molecular weight excluding hydrogens is 95.1 g/mol. The Labute approximate surface area is 60.8 Å². The van der Waals surface area contributed by atoms with E-state index in [4.69, 9.17) is 0 Å². The van der Waals surface area contributed by atoms with E-state index < -0.39 is 0 Å². The third-order valence-corrected chi connectivity index (χ3v) is 1.70. The molecule has 0 unspecified atom stereocenters. The summed E-state index contributed by atoms with van der Waals surface area (Å²) in [4.78, 5) is 0. The molecule has 2 heteroatoms. The second-order valence-electron chi connectivity index (χ2n) is 1.65. The molecule has 0 amide bonds. The van der Waals surface area contributed by atoms with E-state index in [1.165, 1.54) is 16.7 Å². The largest absolute Gasteiger partial charge is 1.00 e. The first kappa shape index (κ1) is 7.29. The fraction of sp³-hybridized carbons (Fsp3) is 0.200. The Morgan fingerprint density at radius 3 is 2.57 bits per heavy atom. The molecule has 7 heavy (non-hydrogen) atoms. The third-order valence-electron chi connectivity index (χ3n) is 0.957. The number of allylic oxidation sites excluding steroid dienone is 4. The summed E-state index contributed by atoms with van der Waals surface area (Å²) in [5.41, 5.74) is 0. The molecule has 0 aliphatic heterocycles. The van der Waals surface area contributed by atoms with Crippen LogP contribution in [0.4, 0.5) is 0 Å². The van der Waals surface area contributed by atoms with Crippen LogP contribution in [0.15, 0.2) is 23.4 Å². The minimum Gasteiger partial charge on any atom is -1.00 e. The molecule has 0 saturated heterocycles. The Bertz CT molecular complexity index is 109. The molecule has 0 atom stereocenters. The third kappa shape index (κ3) is 2.18. The van der Waals surface area contributed by atoms with Crippen LogP contribution < -0.4 is 18.9 Å². The summed E-state index contributed by atoms with van der Waals surface area (Å²) in [6.45, 7) is 0. The zero-order chi connectivity index (χ0) is 4.41. The molecule has 0 saturated carbocycles. The van der Waals surface area contributed by atoms with Crippen molar-refractivity contribution in [1.29, 1.82) is 0 Å². The molecule has 0 aromatic carbocycles. The number of hydrogen-bond donors (Lipinski definition) is 0. The smallest absolute Gasteiger partial charge is 1.00 e. The Balaban J connectivity index is 0. The van der Waals surface area contributed by atoms with Gasteiger partial charge in [-0.3, -0.25) is 0 Å². The molecule has 1 aliphatic carbocycles. The normalized spacial score (nSPS) is 16.3. The average Bonchev–Trinajstić information content (AvgIpc) is 1.86. The van der Waals surface area contributed by atoms with Gasteiger partial charge in [0, 0.05) is 10.2 Å². The molecular formula is C5H9LiSi. The van der Waals surface area contributed by atoms with Gasteiger partial charge in [-0.2, -0.15) is 0 Å². The van der Waals surface area contributed by atoms with E-state index in [9.17, 15) is 0 Å². The number of rotatable bonds is 0. The summed E-state index contributed by atoms with van der Waals surface area (Å²) >= 11 is 0. The topological polar surface area (TPSA) is 0 Å². The Kier molecular flexibility index (Phi) is 3.46. The van der Waals surface area contributed by atoms with Gasteiger partial charge in [0.05, 0.1) is 0 Å². The fourth-order valence-corrected chi connectivity index (χ4v) is 0.982. The molecule has 0 nitrogen and oxygen atoms in total. The average molecular weight is 104 g/mol.